The average molecular weight is 365 g/mol. The highest BCUT2D eigenvalue weighted by atomic mass is 16.5. The normalized spacial score (nSPS) is 16.5. The van der Waals surface area contributed by atoms with Gasteiger partial charge in [0.1, 0.15) is 18.4 Å². The molecule has 1 unspecified atom stereocenters. The molecule has 1 aromatic rings. The summed E-state index contributed by atoms with van der Waals surface area (Å²) in [5.41, 5.74) is 6.67. The Morgan fingerprint density at radius 1 is 1.42 bits per heavy atom. The molecule has 0 aliphatic carbocycles. The van der Waals surface area contributed by atoms with Gasteiger partial charge in [-0.1, -0.05) is 12.1 Å². The number of carbonyl (C=O) groups excluding carboxylic acids is 1. The number of rotatable bonds is 10. The van der Waals surface area contributed by atoms with Gasteiger partial charge in [-0.2, -0.15) is 0 Å². The lowest BCUT2D eigenvalue weighted by atomic mass is 10.1. The Morgan fingerprint density at radius 3 is 2.92 bits per heavy atom. The molecule has 0 spiro atoms. The first-order chi connectivity index (χ1) is 12.6. The van der Waals surface area contributed by atoms with Crippen molar-refractivity contribution in [1.82, 2.24) is 10.2 Å². The Balaban J connectivity index is 1.73. The first-order valence-electron chi connectivity index (χ1n) is 9.12. The van der Waals surface area contributed by atoms with E-state index < -0.39 is 6.04 Å². The Morgan fingerprint density at radius 2 is 2.19 bits per heavy atom. The van der Waals surface area contributed by atoms with Gasteiger partial charge in [0.25, 0.3) is 0 Å². The molecule has 7 nitrogen and oxygen atoms in total. The van der Waals surface area contributed by atoms with Crippen molar-refractivity contribution in [3.63, 3.8) is 0 Å². The summed E-state index contributed by atoms with van der Waals surface area (Å²) in [6, 6.07) is 7.66. The zero-order valence-corrected chi connectivity index (χ0v) is 15.8. The van der Waals surface area contributed by atoms with Crippen molar-refractivity contribution in [2.45, 2.75) is 31.5 Å². The molecule has 2 rings (SSSR count). The van der Waals surface area contributed by atoms with Gasteiger partial charge in [0.15, 0.2) is 0 Å². The number of nitrogens with zero attached hydrogens (tertiary/aromatic N) is 1. The lowest BCUT2D eigenvalue weighted by molar-refractivity contribution is -0.123. The fourth-order valence-corrected chi connectivity index (χ4v) is 2.94. The second-order valence-corrected chi connectivity index (χ2v) is 6.60. The van der Waals surface area contributed by atoms with Gasteiger partial charge in [-0.15, -0.1) is 0 Å². The van der Waals surface area contributed by atoms with Crippen LogP contribution in [0.15, 0.2) is 24.3 Å². The van der Waals surface area contributed by atoms with E-state index in [0.717, 1.165) is 43.9 Å². The Labute approximate surface area is 155 Å². The second kappa shape index (κ2) is 11.1. The summed E-state index contributed by atoms with van der Waals surface area (Å²) in [4.78, 5) is 14.2. The molecule has 1 atom stereocenters. The summed E-state index contributed by atoms with van der Waals surface area (Å²) in [6.07, 6.45) is 2.16. The van der Waals surface area contributed by atoms with Crippen LogP contribution in [0.4, 0.5) is 0 Å². The quantitative estimate of drug-likeness (QED) is 0.637. The maximum atomic E-state index is 11.8. The summed E-state index contributed by atoms with van der Waals surface area (Å²) in [6.45, 7) is 3.81. The van der Waals surface area contributed by atoms with Crippen LogP contribution in [0.3, 0.4) is 0 Å². The molecule has 0 radical (unpaired) electrons. The molecule has 1 fully saturated rings. The van der Waals surface area contributed by atoms with Crippen LogP contribution in [0.5, 0.6) is 5.75 Å². The van der Waals surface area contributed by atoms with E-state index >= 15 is 0 Å². The molecule has 1 aliphatic heterocycles. The maximum Gasteiger partial charge on any atom is 0.239 e. The van der Waals surface area contributed by atoms with Crippen molar-refractivity contribution in [2.75, 3.05) is 47.1 Å². The van der Waals surface area contributed by atoms with Gasteiger partial charge in [0, 0.05) is 39.5 Å². The number of methoxy groups -OCH3 is 1. The Hall–Kier alpha value is -1.67. The number of likely N-dealkylation sites (N-methyl/N-ethyl adjacent to an activating group) is 1. The highest BCUT2D eigenvalue weighted by Crippen LogP contribution is 2.15. The summed E-state index contributed by atoms with van der Waals surface area (Å²) < 4.78 is 16.2. The standard InChI is InChI=1S/C19H31N3O4/c1-22(16-6-9-25-10-7-16)8-11-26-17-5-3-4-15(12-17)13-21-19(23)18(20)14-24-2/h3-5,12,16,18H,6-11,13-14,20H2,1-2H3,(H,21,23). The minimum absolute atomic E-state index is 0.204. The number of benzene rings is 1. The minimum Gasteiger partial charge on any atom is -0.492 e. The molecule has 146 valence electrons. The van der Waals surface area contributed by atoms with Gasteiger partial charge in [0.05, 0.1) is 6.61 Å². The van der Waals surface area contributed by atoms with Gasteiger partial charge < -0.3 is 25.3 Å². The van der Waals surface area contributed by atoms with Crippen LogP contribution in [0.1, 0.15) is 18.4 Å². The summed E-state index contributed by atoms with van der Waals surface area (Å²) >= 11 is 0. The third kappa shape index (κ3) is 6.92. The van der Waals surface area contributed by atoms with Crippen LogP contribution < -0.4 is 15.8 Å². The molecule has 7 heteroatoms. The number of hydrogen-bond donors (Lipinski definition) is 2. The molecule has 0 saturated carbocycles. The van der Waals surface area contributed by atoms with Crippen LogP contribution in [0.2, 0.25) is 0 Å². The van der Waals surface area contributed by atoms with E-state index in [2.05, 4.69) is 17.3 Å². The first kappa shape index (κ1) is 20.6. The smallest absolute Gasteiger partial charge is 0.239 e. The van der Waals surface area contributed by atoms with Gasteiger partial charge in [-0.05, 0) is 37.6 Å². The molecular weight excluding hydrogens is 334 g/mol. The summed E-state index contributed by atoms with van der Waals surface area (Å²) in [5.74, 6) is 0.578. The Kier molecular flexibility index (Phi) is 8.84. The fourth-order valence-electron chi connectivity index (χ4n) is 2.94. The minimum atomic E-state index is -0.653. The lowest BCUT2D eigenvalue weighted by Crippen LogP contribution is -2.43. The molecule has 1 amide bonds. The number of amides is 1. The van der Waals surface area contributed by atoms with Crippen LogP contribution >= 0.6 is 0 Å². The monoisotopic (exact) mass is 365 g/mol. The zero-order valence-electron chi connectivity index (χ0n) is 15.8. The van der Waals surface area contributed by atoms with E-state index in [9.17, 15) is 4.79 Å². The second-order valence-electron chi connectivity index (χ2n) is 6.60. The van der Waals surface area contributed by atoms with Gasteiger partial charge in [-0.3, -0.25) is 9.69 Å². The zero-order chi connectivity index (χ0) is 18.8. The van der Waals surface area contributed by atoms with Crippen molar-refractivity contribution < 1.29 is 19.0 Å². The summed E-state index contributed by atoms with van der Waals surface area (Å²) in [7, 11) is 3.65. The van der Waals surface area contributed by atoms with Gasteiger partial charge >= 0.3 is 0 Å². The largest absolute Gasteiger partial charge is 0.492 e. The molecule has 1 aliphatic rings. The number of carbonyl (C=O) groups is 1. The van der Waals surface area contributed by atoms with Crippen molar-refractivity contribution in [2.24, 2.45) is 5.73 Å². The van der Waals surface area contributed by atoms with Crippen molar-refractivity contribution in [1.29, 1.82) is 0 Å². The third-order valence-corrected chi connectivity index (χ3v) is 4.58. The SMILES string of the molecule is COCC(N)C(=O)NCc1cccc(OCCN(C)C2CCOCC2)c1. The van der Waals surface area contributed by atoms with E-state index in [4.69, 9.17) is 19.9 Å². The van der Waals surface area contributed by atoms with Gasteiger partial charge in [-0.25, -0.2) is 0 Å². The molecule has 3 N–H and O–H groups in total. The van der Waals surface area contributed by atoms with E-state index in [0.29, 0.717) is 19.2 Å². The molecule has 1 saturated heterocycles. The van der Waals surface area contributed by atoms with E-state index in [-0.39, 0.29) is 12.5 Å². The highest BCUT2D eigenvalue weighted by molar-refractivity contribution is 5.81. The lowest BCUT2D eigenvalue weighted by Gasteiger charge is -2.31. The predicted molar refractivity (Wildman–Crippen MR) is 100 cm³/mol. The van der Waals surface area contributed by atoms with E-state index in [1.165, 1.54) is 7.11 Å². The van der Waals surface area contributed by atoms with Gasteiger partial charge in [0.2, 0.25) is 5.91 Å². The van der Waals surface area contributed by atoms with E-state index in [1.807, 2.05) is 24.3 Å². The molecule has 0 bridgehead atoms. The van der Waals surface area contributed by atoms with Crippen molar-refractivity contribution in [3.8, 4) is 5.75 Å². The van der Waals surface area contributed by atoms with E-state index in [1.54, 1.807) is 0 Å². The molecule has 1 aromatic carbocycles. The van der Waals surface area contributed by atoms with Crippen molar-refractivity contribution >= 4 is 5.91 Å². The number of hydrogen-bond acceptors (Lipinski definition) is 6. The van der Waals surface area contributed by atoms with Crippen molar-refractivity contribution in [3.05, 3.63) is 29.8 Å². The Bertz CT molecular complexity index is 549. The highest BCUT2D eigenvalue weighted by Gasteiger charge is 2.18. The predicted octanol–water partition coefficient (Wildman–Crippen LogP) is 0.766. The van der Waals surface area contributed by atoms with Crippen LogP contribution in [-0.4, -0.2) is 70.0 Å². The molecule has 26 heavy (non-hydrogen) atoms. The summed E-state index contributed by atoms with van der Waals surface area (Å²) in [5, 5.41) is 2.81. The molecule has 1 heterocycles. The topological polar surface area (TPSA) is 86.0 Å². The molecular formula is C19H31N3O4. The molecule has 0 aromatic heterocycles. The number of nitrogens with one attached hydrogen (secondary N) is 1. The maximum absolute atomic E-state index is 11.8. The number of nitrogens with two attached hydrogens (primary N) is 1. The first-order valence-corrected chi connectivity index (χ1v) is 9.12. The average Bonchev–Trinajstić information content (AvgIpc) is 2.67. The fraction of sp³-hybridized carbons (Fsp3) is 0.632. The number of ether oxygens (including phenoxy) is 3. The van der Waals surface area contributed by atoms with Crippen LogP contribution in [-0.2, 0) is 20.8 Å². The van der Waals surface area contributed by atoms with Crippen LogP contribution in [0, 0.1) is 0 Å². The third-order valence-electron chi connectivity index (χ3n) is 4.58. The van der Waals surface area contributed by atoms with Crippen LogP contribution in [0.25, 0.3) is 0 Å².